The minimum Gasteiger partial charge on any atom is -0.322 e. The molecule has 160 valence electrons. The Kier molecular flexibility index (Phi) is 6.36. The molecule has 4 rings (SSSR count). The second kappa shape index (κ2) is 9.18. The summed E-state index contributed by atoms with van der Waals surface area (Å²) in [6.45, 7) is 0.467. The van der Waals surface area contributed by atoms with Gasteiger partial charge < -0.3 is 5.32 Å². The molecule has 1 aliphatic heterocycles. The van der Waals surface area contributed by atoms with Gasteiger partial charge in [0.1, 0.15) is 0 Å². The van der Waals surface area contributed by atoms with Crippen molar-refractivity contribution >= 4 is 33.2 Å². The van der Waals surface area contributed by atoms with E-state index in [4.69, 9.17) is 11.6 Å². The summed E-state index contributed by atoms with van der Waals surface area (Å²) in [5, 5.41) is 3.24. The van der Waals surface area contributed by atoms with Crippen molar-refractivity contribution in [2.45, 2.75) is 30.2 Å². The standard InChI is InChI=1S/C23H22ClN3O3S/c24-19-7-3-5-17(15-19)23(28)26-20-9-11-21(12-10-20)31(29,30)27-14-2-1-8-22(27)18-6-4-13-25-16-18/h3-7,9-13,15-16,22H,1-2,8,14H2,(H,26,28). The van der Waals surface area contributed by atoms with Crippen LogP contribution in [0.1, 0.15) is 41.2 Å². The van der Waals surface area contributed by atoms with Gasteiger partial charge in [-0.3, -0.25) is 9.78 Å². The number of hydrogen-bond donors (Lipinski definition) is 1. The third kappa shape index (κ3) is 4.79. The first kappa shape index (κ1) is 21.5. The molecule has 1 aliphatic rings. The first-order valence-electron chi connectivity index (χ1n) is 10.0. The fourth-order valence-corrected chi connectivity index (χ4v) is 5.65. The molecule has 8 heteroatoms. The van der Waals surface area contributed by atoms with E-state index in [0.717, 1.165) is 24.8 Å². The van der Waals surface area contributed by atoms with Gasteiger partial charge in [-0.05, 0) is 66.9 Å². The maximum atomic E-state index is 13.4. The molecule has 1 fully saturated rings. The summed E-state index contributed by atoms with van der Waals surface area (Å²) in [5.41, 5.74) is 1.83. The molecule has 1 N–H and O–H groups in total. The molecular formula is C23H22ClN3O3S. The lowest BCUT2D eigenvalue weighted by Gasteiger charge is -2.34. The number of carbonyl (C=O) groups is 1. The molecule has 0 saturated carbocycles. The van der Waals surface area contributed by atoms with E-state index in [9.17, 15) is 13.2 Å². The number of aromatic nitrogens is 1. The molecular weight excluding hydrogens is 434 g/mol. The van der Waals surface area contributed by atoms with Gasteiger partial charge in [-0.1, -0.05) is 30.2 Å². The van der Waals surface area contributed by atoms with Crippen LogP contribution in [0.3, 0.4) is 0 Å². The van der Waals surface area contributed by atoms with E-state index < -0.39 is 10.0 Å². The Morgan fingerprint density at radius 1 is 1.06 bits per heavy atom. The third-order valence-electron chi connectivity index (χ3n) is 5.33. The van der Waals surface area contributed by atoms with E-state index >= 15 is 0 Å². The normalized spacial score (nSPS) is 17.3. The third-order valence-corrected chi connectivity index (χ3v) is 7.49. The van der Waals surface area contributed by atoms with Crippen LogP contribution in [0.2, 0.25) is 5.02 Å². The van der Waals surface area contributed by atoms with Gasteiger partial charge in [0.15, 0.2) is 0 Å². The Morgan fingerprint density at radius 2 is 1.87 bits per heavy atom. The number of piperidine rings is 1. The number of rotatable bonds is 5. The van der Waals surface area contributed by atoms with Crippen molar-refractivity contribution in [1.82, 2.24) is 9.29 Å². The van der Waals surface area contributed by atoms with Gasteiger partial charge in [0.05, 0.1) is 10.9 Å². The predicted octanol–water partition coefficient (Wildman–Crippen LogP) is 4.90. The summed E-state index contributed by atoms with van der Waals surface area (Å²) in [7, 11) is -3.69. The number of carbonyl (C=O) groups excluding carboxylic acids is 1. The quantitative estimate of drug-likeness (QED) is 0.593. The van der Waals surface area contributed by atoms with Gasteiger partial charge in [-0.25, -0.2) is 8.42 Å². The Balaban J connectivity index is 1.54. The molecule has 0 radical (unpaired) electrons. The van der Waals surface area contributed by atoms with Crippen LogP contribution < -0.4 is 5.32 Å². The van der Waals surface area contributed by atoms with Gasteiger partial charge in [0.25, 0.3) is 5.91 Å². The fraction of sp³-hybridized carbons (Fsp3) is 0.217. The smallest absolute Gasteiger partial charge is 0.255 e. The molecule has 1 amide bonds. The van der Waals surface area contributed by atoms with E-state index in [-0.39, 0.29) is 16.8 Å². The van der Waals surface area contributed by atoms with Gasteiger partial charge >= 0.3 is 0 Å². The lowest BCUT2D eigenvalue weighted by Crippen LogP contribution is -2.38. The van der Waals surface area contributed by atoms with Crippen LogP contribution >= 0.6 is 11.6 Å². The number of hydrogen-bond acceptors (Lipinski definition) is 4. The largest absolute Gasteiger partial charge is 0.322 e. The number of sulfonamides is 1. The Hall–Kier alpha value is -2.74. The zero-order valence-corrected chi connectivity index (χ0v) is 18.3. The Morgan fingerprint density at radius 3 is 2.58 bits per heavy atom. The topological polar surface area (TPSA) is 79.4 Å². The van der Waals surface area contributed by atoms with Gasteiger partial charge in [-0.15, -0.1) is 0 Å². The van der Waals surface area contributed by atoms with Crippen LogP contribution in [0.4, 0.5) is 5.69 Å². The summed E-state index contributed by atoms with van der Waals surface area (Å²) in [4.78, 5) is 16.7. The van der Waals surface area contributed by atoms with E-state index in [2.05, 4.69) is 10.3 Å². The molecule has 1 aromatic heterocycles. The van der Waals surface area contributed by atoms with Crippen LogP contribution in [0.25, 0.3) is 0 Å². The highest BCUT2D eigenvalue weighted by atomic mass is 35.5. The predicted molar refractivity (Wildman–Crippen MR) is 121 cm³/mol. The van der Waals surface area contributed by atoms with Crippen LogP contribution in [-0.2, 0) is 10.0 Å². The van der Waals surface area contributed by atoms with Gasteiger partial charge in [0, 0.05) is 35.2 Å². The molecule has 1 unspecified atom stereocenters. The van der Waals surface area contributed by atoms with Crippen molar-refractivity contribution in [3.63, 3.8) is 0 Å². The van der Waals surface area contributed by atoms with Gasteiger partial charge in [-0.2, -0.15) is 4.31 Å². The first-order valence-corrected chi connectivity index (χ1v) is 11.9. The van der Waals surface area contributed by atoms with Crippen molar-refractivity contribution in [3.05, 3.63) is 89.2 Å². The van der Waals surface area contributed by atoms with E-state index in [1.807, 2.05) is 12.1 Å². The van der Waals surface area contributed by atoms with Crippen molar-refractivity contribution in [2.75, 3.05) is 11.9 Å². The van der Waals surface area contributed by atoms with E-state index in [0.29, 0.717) is 22.8 Å². The van der Waals surface area contributed by atoms with Crippen molar-refractivity contribution < 1.29 is 13.2 Å². The number of amides is 1. The number of pyridine rings is 1. The summed E-state index contributed by atoms with van der Waals surface area (Å²) in [5.74, 6) is -0.314. The molecule has 6 nitrogen and oxygen atoms in total. The number of benzene rings is 2. The number of nitrogens with one attached hydrogen (secondary N) is 1. The molecule has 31 heavy (non-hydrogen) atoms. The molecule has 0 spiro atoms. The minimum atomic E-state index is -3.69. The highest BCUT2D eigenvalue weighted by Crippen LogP contribution is 2.35. The second-order valence-electron chi connectivity index (χ2n) is 7.40. The monoisotopic (exact) mass is 455 g/mol. The summed E-state index contributed by atoms with van der Waals surface area (Å²) >= 11 is 5.94. The maximum Gasteiger partial charge on any atom is 0.255 e. The Bertz CT molecular complexity index is 1170. The van der Waals surface area contributed by atoms with Crippen molar-refractivity contribution in [3.8, 4) is 0 Å². The highest BCUT2D eigenvalue weighted by Gasteiger charge is 2.34. The molecule has 1 atom stereocenters. The van der Waals surface area contributed by atoms with Crippen LogP contribution in [0.15, 0.2) is 78.0 Å². The number of anilines is 1. The lowest BCUT2D eigenvalue weighted by atomic mass is 9.99. The molecule has 0 aliphatic carbocycles. The number of halogens is 1. The lowest BCUT2D eigenvalue weighted by molar-refractivity contribution is 0.102. The van der Waals surface area contributed by atoms with Crippen molar-refractivity contribution in [1.29, 1.82) is 0 Å². The van der Waals surface area contributed by atoms with Crippen LogP contribution in [-0.4, -0.2) is 30.2 Å². The summed E-state index contributed by atoms with van der Waals surface area (Å²) in [6.07, 6.45) is 5.97. The molecule has 2 aromatic carbocycles. The van der Waals surface area contributed by atoms with Crippen LogP contribution in [0, 0.1) is 0 Å². The Labute approximate surface area is 186 Å². The van der Waals surface area contributed by atoms with E-state index in [1.165, 1.54) is 12.1 Å². The minimum absolute atomic E-state index is 0.198. The average molecular weight is 456 g/mol. The first-order chi connectivity index (χ1) is 14.9. The average Bonchev–Trinajstić information content (AvgIpc) is 2.80. The highest BCUT2D eigenvalue weighted by molar-refractivity contribution is 7.89. The maximum absolute atomic E-state index is 13.4. The summed E-state index contributed by atoms with van der Waals surface area (Å²) < 4.78 is 28.3. The molecule has 1 saturated heterocycles. The summed E-state index contributed by atoms with van der Waals surface area (Å²) in [6, 6.07) is 16.4. The van der Waals surface area contributed by atoms with Crippen LogP contribution in [0.5, 0.6) is 0 Å². The fourth-order valence-electron chi connectivity index (χ4n) is 3.78. The van der Waals surface area contributed by atoms with Gasteiger partial charge in [0.2, 0.25) is 10.0 Å². The van der Waals surface area contributed by atoms with Crippen molar-refractivity contribution in [2.24, 2.45) is 0 Å². The number of nitrogens with zero attached hydrogens (tertiary/aromatic N) is 2. The SMILES string of the molecule is O=C(Nc1ccc(S(=O)(=O)N2CCCCC2c2cccnc2)cc1)c1cccc(Cl)c1. The molecule has 2 heterocycles. The molecule has 0 bridgehead atoms. The van der Waals surface area contributed by atoms with E-state index in [1.54, 1.807) is 53.1 Å². The zero-order chi connectivity index (χ0) is 21.8. The molecule has 3 aromatic rings. The second-order valence-corrected chi connectivity index (χ2v) is 9.73. The zero-order valence-electron chi connectivity index (χ0n) is 16.7.